The number of amidine groups is 1. The van der Waals surface area contributed by atoms with Crippen LogP contribution in [0.1, 0.15) is 19.2 Å². The fourth-order valence-corrected chi connectivity index (χ4v) is 2.64. The summed E-state index contributed by atoms with van der Waals surface area (Å²) in [6.45, 7) is 3.37. The summed E-state index contributed by atoms with van der Waals surface area (Å²) < 4.78 is 27.8. The number of sulfonamides is 1. The van der Waals surface area contributed by atoms with Crippen LogP contribution in [-0.2, 0) is 17.1 Å². The Morgan fingerprint density at radius 3 is 2.71 bits per heavy atom. The summed E-state index contributed by atoms with van der Waals surface area (Å²) in [5.41, 5.74) is 5.21. The Labute approximate surface area is 101 Å². The van der Waals surface area contributed by atoms with Crippen LogP contribution in [0, 0.1) is 12.3 Å². The molecular formula is C9H17N5O2S. The molecule has 0 amide bonds. The second-order valence-corrected chi connectivity index (χ2v) is 5.65. The average Bonchev–Trinajstić information content (AvgIpc) is 2.44. The van der Waals surface area contributed by atoms with Crippen molar-refractivity contribution in [2.75, 3.05) is 0 Å². The number of rotatable bonds is 5. The minimum Gasteiger partial charge on any atom is -0.388 e. The molecule has 0 radical (unpaired) electrons. The largest absolute Gasteiger partial charge is 0.388 e. The van der Waals surface area contributed by atoms with E-state index < -0.39 is 16.1 Å². The Kier molecular flexibility index (Phi) is 3.89. The first kappa shape index (κ1) is 13.7. The smallest absolute Gasteiger partial charge is 0.259 e. The summed E-state index contributed by atoms with van der Waals surface area (Å²) in [7, 11) is -1.92. The van der Waals surface area contributed by atoms with E-state index in [0.717, 1.165) is 0 Å². The molecule has 1 unspecified atom stereocenters. The molecule has 0 fully saturated rings. The molecule has 1 rings (SSSR count). The summed E-state index contributed by atoms with van der Waals surface area (Å²) in [4.78, 5) is 3.94. The van der Waals surface area contributed by atoms with Gasteiger partial charge >= 0.3 is 0 Å². The molecule has 0 aliphatic carbocycles. The fourth-order valence-electron chi connectivity index (χ4n) is 1.35. The third-order valence-electron chi connectivity index (χ3n) is 2.24. The highest BCUT2D eigenvalue weighted by atomic mass is 32.2. The number of imidazole rings is 1. The van der Waals surface area contributed by atoms with Crippen LogP contribution in [0.4, 0.5) is 0 Å². The van der Waals surface area contributed by atoms with Crippen LogP contribution < -0.4 is 10.5 Å². The third-order valence-corrected chi connectivity index (χ3v) is 3.70. The Balaban J connectivity index is 2.85. The van der Waals surface area contributed by atoms with E-state index >= 15 is 0 Å². The summed E-state index contributed by atoms with van der Waals surface area (Å²) in [6, 6.07) is -0.431. The van der Waals surface area contributed by atoms with Crippen molar-refractivity contribution in [2.24, 2.45) is 12.8 Å². The molecule has 96 valence electrons. The Morgan fingerprint density at radius 2 is 2.29 bits per heavy atom. The van der Waals surface area contributed by atoms with E-state index in [9.17, 15) is 8.42 Å². The molecule has 8 heteroatoms. The van der Waals surface area contributed by atoms with Gasteiger partial charge in [0.1, 0.15) is 5.82 Å². The number of hydrogen-bond donors (Lipinski definition) is 3. The maximum atomic E-state index is 11.9. The lowest BCUT2D eigenvalue weighted by atomic mass is 10.2. The molecule has 1 aromatic heterocycles. The van der Waals surface area contributed by atoms with Gasteiger partial charge in [0.2, 0.25) is 0 Å². The number of nitrogens with zero attached hydrogens (tertiary/aromatic N) is 2. The molecule has 1 atom stereocenters. The molecule has 0 bridgehead atoms. The molecule has 0 saturated carbocycles. The van der Waals surface area contributed by atoms with Gasteiger partial charge in [-0.3, -0.25) is 5.41 Å². The minimum atomic E-state index is -3.64. The van der Waals surface area contributed by atoms with Crippen molar-refractivity contribution >= 4 is 15.9 Å². The van der Waals surface area contributed by atoms with E-state index in [2.05, 4.69) is 9.71 Å². The van der Waals surface area contributed by atoms with Gasteiger partial charge in [0.05, 0.1) is 5.84 Å². The third kappa shape index (κ3) is 3.53. The number of aryl methyl sites for hydroxylation is 2. The van der Waals surface area contributed by atoms with Gasteiger partial charge in [0, 0.05) is 25.7 Å². The van der Waals surface area contributed by atoms with Gasteiger partial charge in [0.15, 0.2) is 5.03 Å². The molecule has 0 aliphatic heterocycles. The average molecular weight is 259 g/mol. The number of aromatic nitrogens is 2. The maximum absolute atomic E-state index is 11.9. The molecule has 0 aromatic carbocycles. The quantitative estimate of drug-likeness (QED) is 0.498. The van der Waals surface area contributed by atoms with Crippen LogP contribution >= 0.6 is 0 Å². The Hall–Kier alpha value is -1.41. The number of nitrogens with one attached hydrogen (secondary N) is 2. The van der Waals surface area contributed by atoms with Crippen molar-refractivity contribution in [2.45, 2.75) is 31.3 Å². The molecule has 1 aromatic rings. The second-order valence-electron chi connectivity index (χ2n) is 3.99. The normalized spacial score (nSPS) is 13.6. The zero-order chi connectivity index (χ0) is 13.2. The second kappa shape index (κ2) is 4.84. The van der Waals surface area contributed by atoms with Crippen LogP contribution in [0.3, 0.4) is 0 Å². The molecule has 0 saturated heterocycles. The van der Waals surface area contributed by atoms with Gasteiger partial charge in [-0.1, -0.05) is 0 Å². The molecule has 0 aliphatic rings. The maximum Gasteiger partial charge on any atom is 0.259 e. The lowest BCUT2D eigenvalue weighted by Gasteiger charge is -2.11. The first-order valence-electron chi connectivity index (χ1n) is 5.07. The van der Waals surface area contributed by atoms with Crippen LogP contribution in [0.2, 0.25) is 0 Å². The van der Waals surface area contributed by atoms with Crippen molar-refractivity contribution in [3.8, 4) is 0 Å². The highest BCUT2D eigenvalue weighted by Gasteiger charge is 2.21. The molecule has 0 spiro atoms. The van der Waals surface area contributed by atoms with E-state index in [4.69, 9.17) is 11.1 Å². The van der Waals surface area contributed by atoms with Crippen LogP contribution in [-0.4, -0.2) is 29.8 Å². The van der Waals surface area contributed by atoms with Gasteiger partial charge in [-0.05, 0) is 13.8 Å². The fraction of sp³-hybridized carbons (Fsp3) is 0.556. The molecular weight excluding hydrogens is 242 g/mol. The Bertz CT molecular complexity index is 500. The molecule has 7 nitrogen and oxygen atoms in total. The zero-order valence-corrected chi connectivity index (χ0v) is 10.9. The van der Waals surface area contributed by atoms with Gasteiger partial charge in [-0.2, -0.15) is 0 Å². The van der Waals surface area contributed by atoms with Crippen LogP contribution in [0.25, 0.3) is 0 Å². The van der Waals surface area contributed by atoms with Crippen molar-refractivity contribution in [1.29, 1.82) is 5.41 Å². The lowest BCUT2D eigenvalue weighted by Crippen LogP contribution is -2.35. The summed E-state index contributed by atoms with van der Waals surface area (Å²) in [5, 5.41) is 7.08. The summed E-state index contributed by atoms with van der Waals surface area (Å²) in [6.07, 6.45) is 1.61. The van der Waals surface area contributed by atoms with Crippen molar-refractivity contribution < 1.29 is 8.42 Å². The minimum absolute atomic E-state index is 0.0205. The highest BCUT2D eigenvalue weighted by molar-refractivity contribution is 7.89. The molecule has 1 heterocycles. The molecule has 17 heavy (non-hydrogen) atoms. The van der Waals surface area contributed by atoms with E-state index in [1.54, 1.807) is 25.5 Å². The van der Waals surface area contributed by atoms with Gasteiger partial charge in [0.25, 0.3) is 10.0 Å². The lowest BCUT2D eigenvalue weighted by molar-refractivity contribution is 0.561. The topological polar surface area (TPSA) is 114 Å². The summed E-state index contributed by atoms with van der Waals surface area (Å²) >= 11 is 0. The Morgan fingerprint density at radius 1 is 1.71 bits per heavy atom. The van der Waals surface area contributed by atoms with E-state index in [1.165, 1.54) is 6.20 Å². The first-order chi connectivity index (χ1) is 7.72. The van der Waals surface area contributed by atoms with E-state index in [1.807, 2.05) is 0 Å². The van der Waals surface area contributed by atoms with Crippen molar-refractivity contribution in [3.05, 3.63) is 12.0 Å². The summed E-state index contributed by atoms with van der Waals surface area (Å²) in [5.74, 6) is 0.557. The standard InChI is InChI=1S/C9H17N5O2S/c1-6(4-8(10)11)13-17(15,16)9-5-14(3)7(2)12-9/h5-6,13H,4H2,1-3H3,(H3,10,11). The van der Waals surface area contributed by atoms with Gasteiger partial charge in [-0.15, -0.1) is 0 Å². The van der Waals surface area contributed by atoms with Crippen molar-refractivity contribution in [3.63, 3.8) is 0 Å². The van der Waals surface area contributed by atoms with Crippen LogP contribution in [0.15, 0.2) is 11.2 Å². The first-order valence-corrected chi connectivity index (χ1v) is 6.56. The monoisotopic (exact) mass is 259 g/mol. The highest BCUT2D eigenvalue weighted by Crippen LogP contribution is 2.08. The van der Waals surface area contributed by atoms with Gasteiger partial charge in [-0.25, -0.2) is 18.1 Å². The van der Waals surface area contributed by atoms with E-state index in [-0.39, 0.29) is 17.3 Å². The zero-order valence-electron chi connectivity index (χ0n) is 10.1. The SMILES string of the molecule is Cc1nc(S(=O)(=O)NC(C)CC(=N)N)cn1C. The van der Waals surface area contributed by atoms with Crippen LogP contribution in [0.5, 0.6) is 0 Å². The predicted molar refractivity (Wildman–Crippen MR) is 64.3 cm³/mol. The van der Waals surface area contributed by atoms with Gasteiger partial charge < -0.3 is 10.3 Å². The number of nitrogens with two attached hydrogens (primary N) is 1. The van der Waals surface area contributed by atoms with Crippen molar-refractivity contribution in [1.82, 2.24) is 14.3 Å². The molecule has 4 N–H and O–H groups in total. The predicted octanol–water partition coefficient (Wildman–Crippen LogP) is -0.279. The number of hydrogen-bond acceptors (Lipinski definition) is 4. The van der Waals surface area contributed by atoms with E-state index in [0.29, 0.717) is 5.82 Å².